The molecule has 1 N–H and O–H groups in total. The largest absolute Gasteiger partial charge is 0.347 e. The third-order valence-electron chi connectivity index (χ3n) is 4.37. The average Bonchev–Trinajstić information content (AvgIpc) is 3.22. The van der Waals surface area contributed by atoms with Gasteiger partial charge in [-0.1, -0.05) is 0 Å². The average molecular weight is 341 g/mol. The Morgan fingerprint density at radius 2 is 2.28 bits per heavy atom. The first-order valence-corrected chi connectivity index (χ1v) is 7.96. The van der Waals surface area contributed by atoms with Crippen molar-refractivity contribution in [3.8, 4) is 5.69 Å². The Bertz CT molecular complexity index is 932. The van der Waals surface area contributed by atoms with E-state index in [1.807, 2.05) is 10.8 Å². The van der Waals surface area contributed by atoms with Crippen LogP contribution in [0.4, 0.5) is 4.39 Å². The molecule has 1 aliphatic heterocycles. The summed E-state index contributed by atoms with van der Waals surface area (Å²) in [6.45, 7) is 2.36. The van der Waals surface area contributed by atoms with Crippen molar-refractivity contribution in [3.63, 3.8) is 0 Å². The van der Waals surface area contributed by atoms with E-state index >= 15 is 0 Å². The summed E-state index contributed by atoms with van der Waals surface area (Å²) in [5, 5.41) is 14.0. The lowest BCUT2D eigenvalue weighted by Crippen LogP contribution is -2.41. The highest BCUT2D eigenvalue weighted by atomic mass is 19.1. The Hall–Kier alpha value is -3.10. The van der Waals surface area contributed by atoms with Crippen molar-refractivity contribution in [1.82, 2.24) is 35.1 Å². The second-order valence-electron chi connectivity index (χ2n) is 6.05. The molecule has 4 rings (SSSR count). The highest BCUT2D eigenvalue weighted by Crippen LogP contribution is 2.17. The topological polar surface area (TPSA) is 90.5 Å². The number of carbonyl (C=O) groups excluding carboxylic acids is 1. The van der Waals surface area contributed by atoms with Gasteiger partial charge in [-0.15, -0.1) is 5.10 Å². The standard InChI is InChI=1S/C16H16FN7O/c1-10-20-21-22-24(10)12-4-5-14(15(17)6-12)16(25)19-11-2-3-13-7-18-9-23(13)8-11/h4-7,9,11H,2-3,8H2,1H3,(H,19,25). The number of hydrogen-bond acceptors (Lipinski definition) is 5. The van der Waals surface area contributed by atoms with Gasteiger partial charge in [0.1, 0.15) is 5.82 Å². The predicted octanol–water partition coefficient (Wildman–Crippen LogP) is 1.05. The van der Waals surface area contributed by atoms with Crippen molar-refractivity contribution >= 4 is 5.91 Å². The third kappa shape index (κ3) is 2.88. The van der Waals surface area contributed by atoms with Gasteiger partial charge in [-0.25, -0.2) is 9.37 Å². The second-order valence-corrected chi connectivity index (χ2v) is 6.05. The quantitative estimate of drug-likeness (QED) is 0.769. The fraction of sp³-hybridized carbons (Fsp3) is 0.312. The Labute approximate surface area is 142 Å². The van der Waals surface area contributed by atoms with Gasteiger partial charge in [-0.2, -0.15) is 4.68 Å². The SMILES string of the molecule is Cc1nnnn1-c1ccc(C(=O)NC2CCc3cncn3C2)c(F)c1. The van der Waals surface area contributed by atoms with Crippen LogP contribution in [0.1, 0.15) is 28.3 Å². The highest BCUT2D eigenvalue weighted by Gasteiger charge is 2.22. The molecular weight excluding hydrogens is 325 g/mol. The minimum atomic E-state index is -0.607. The minimum absolute atomic E-state index is 0.00547. The number of fused-ring (bicyclic) bond motifs is 1. The van der Waals surface area contributed by atoms with Crippen LogP contribution in [0, 0.1) is 12.7 Å². The van der Waals surface area contributed by atoms with Gasteiger partial charge in [0, 0.05) is 30.5 Å². The number of halogens is 1. The Kier molecular flexibility index (Phi) is 3.75. The molecule has 0 fully saturated rings. The lowest BCUT2D eigenvalue weighted by molar-refractivity contribution is 0.0923. The van der Waals surface area contributed by atoms with Gasteiger partial charge in [0.25, 0.3) is 5.91 Å². The maximum absolute atomic E-state index is 14.4. The van der Waals surface area contributed by atoms with Crippen molar-refractivity contribution in [2.45, 2.75) is 32.4 Å². The van der Waals surface area contributed by atoms with E-state index in [2.05, 4.69) is 25.8 Å². The number of hydrogen-bond donors (Lipinski definition) is 1. The summed E-state index contributed by atoms with van der Waals surface area (Å²) in [6.07, 6.45) is 5.22. The van der Waals surface area contributed by atoms with Crippen molar-refractivity contribution < 1.29 is 9.18 Å². The van der Waals surface area contributed by atoms with Crippen molar-refractivity contribution in [2.75, 3.05) is 0 Å². The molecule has 8 nitrogen and oxygen atoms in total. The molecule has 1 aliphatic rings. The molecule has 3 aromatic rings. The zero-order chi connectivity index (χ0) is 17.4. The lowest BCUT2D eigenvalue weighted by Gasteiger charge is -2.25. The number of benzene rings is 1. The van der Waals surface area contributed by atoms with Crippen LogP contribution in [0.5, 0.6) is 0 Å². The monoisotopic (exact) mass is 341 g/mol. The molecule has 25 heavy (non-hydrogen) atoms. The predicted molar refractivity (Wildman–Crippen MR) is 85.7 cm³/mol. The molecule has 1 amide bonds. The summed E-state index contributed by atoms with van der Waals surface area (Å²) in [6, 6.07) is 4.28. The molecule has 1 atom stereocenters. The van der Waals surface area contributed by atoms with Gasteiger partial charge >= 0.3 is 0 Å². The van der Waals surface area contributed by atoms with E-state index in [4.69, 9.17) is 0 Å². The molecule has 128 valence electrons. The molecule has 0 radical (unpaired) electrons. The zero-order valence-corrected chi connectivity index (χ0v) is 13.6. The zero-order valence-electron chi connectivity index (χ0n) is 13.6. The fourth-order valence-corrected chi connectivity index (χ4v) is 3.04. The molecule has 3 heterocycles. The van der Waals surface area contributed by atoms with Crippen LogP contribution in [0.3, 0.4) is 0 Å². The molecule has 0 bridgehead atoms. The summed E-state index contributed by atoms with van der Waals surface area (Å²) >= 11 is 0. The summed E-state index contributed by atoms with van der Waals surface area (Å²) < 4.78 is 17.8. The second kappa shape index (κ2) is 6.08. The molecular formula is C16H16FN7O. The summed E-state index contributed by atoms with van der Waals surface area (Å²) in [4.78, 5) is 16.5. The maximum atomic E-state index is 14.4. The molecule has 0 aliphatic carbocycles. The van der Waals surface area contributed by atoms with E-state index in [-0.39, 0.29) is 11.6 Å². The Balaban J connectivity index is 1.50. The normalized spacial score (nSPS) is 16.5. The first-order chi connectivity index (χ1) is 12.1. The van der Waals surface area contributed by atoms with Gasteiger partial charge in [0.15, 0.2) is 5.82 Å². The number of nitrogens with zero attached hydrogens (tertiary/aromatic N) is 6. The van der Waals surface area contributed by atoms with Crippen LogP contribution in [0.25, 0.3) is 5.69 Å². The molecule has 0 saturated heterocycles. The van der Waals surface area contributed by atoms with Crippen LogP contribution in [-0.2, 0) is 13.0 Å². The maximum Gasteiger partial charge on any atom is 0.254 e. The smallest absolute Gasteiger partial charge is 0.254 e. The van der Waals surface area contributed by atoms with Gasteiger partial charge in [0.05, 0.1) is 17.6 Å². The number of carbonyl (C=O) groups is 1. The highest BCUT2D eigenvalue weighted by molar-refractivity contribution is 5.94. The molecule has 0 saturated carbocycles. The Morgan fingerprint density at radius 3 is 3.04 bits per heavy atom. The van der Waals surface area contributed by atoms with Crippen LogP contribution < -0.4 is 5.32 Å². The number of aromatic nitrogens is 6. The van der Waals surface area contributed by atoms with Crippen LogP contribution in [0.15, 0.2) is 30.7 Å². The number of imidazole rings is 1. The molecule has 0 spiro atoms. The van der Waals surface area contributed by atoms with Crippen LogP contribution in [0.2, 0.25) is 0 Å². The van der Waals surface area contributed by atoms with Crippen molar-refractivity contribution in [3.05, 3.63) is 53.6 Å². The number of nitrogens with one attached hydrogen (secondary N) is 1. The van der Waals surface area contributed by atoms with Crippen molar-refractivity contribution in [2.24, 2.45) is 0 Å². The van der Waals surface area contributed by atoms with Crippen LogP contribution in [-0.4, -0.2) is 41.7 Å². The van der Waals surface area contributed by atoms with E-state index in [0.717, 1.165) is 18.5 Å². The van der Waals surface area contributed by atoms with E-state index < -0.39 is 11.7 Å². The van der Waals surface area contributed by atoms with Gasteiger partial charge in [0.2, 0.25) is 0 Å². The summed E-state index contributed by atoms with van der Waals surface area (Å²) in [7, 11) is 0. The lowest BCUT2D eigenvalue weighted by atomic mass is 10.0. The summed E-state index contributed by atoms with van der Waals surface area (Å²) in [5.41, 5.74) is 1.63. The van der Waals surface area contributed by atoms with E-state index in [0.29, 0.717) is 18.1 Å². The van der Waals surface area contributed by atoms with E-state index in [1.54, 1.807) is 19.3 Å². The number of rotatable bonds is 3. The summed E-state index contributed by atoms with van der Waals surface area (Å²) in [5.74, 6) is -0.495. The number of amides is 1. The van der Waals surface area contributed by atoms with E-state index in [1.165, 1.54) is 16.8 Å². The first kappa shape index (κ1) is 15.4. The Morgan fingerprint density at radius 1 is 1.40 bits per heavy atom. The minimum Gasteiger partial charge on any atom is -0.347 e. The van der Waals surface area contributed by atoms with Gasteiger partial charge in [-0.05, 0) is 42.3 Å². The van der Waals surface area contributed by atoms with Gasteiger partial charge in [-0.3, -0.25) is 4.79 Å². The van der Waals surface area contributed by atoms with Crippen molar-refractivity contribution in [1.29, 1.82) is 0 Å². The molecule has 2 aromatic heterocycles. The van der Waals surface area contributed by atoms with Gasteiger partial charge < -0.3 is 9.88 Å². The first-order valence-electron chi connectivity index (χ1n) is 7.96. The fourth-order valence-electron chi connectivity index (χ4n) is 3.04. The number of tetrazole rings is 1. The molecule has 1 unspecified atom stereocenters. The van der Waals surface area contributed by atoms with Crippen LogP contribution >= 0.6 is 0 Å². The molecule has 1 aromatic carbocycles. The number of aryl methyl sites for hydroxylation is 2. The molecule has 9 heteroatoms. The third-order valence-corrected chi connectivity index (χ3v) is 4.37. The van der Waals surface area contributed by atoms with E-state index in [9.17, 15) is 9.18 Å².